The van der Waals surface area contributed by atoms with Gasteiger partial charge < -0.3 is 20.5 Å². The third kappa shape index (κ3) is 3.29. The molecule has 1 saturated heterocycles. The third-order valence-corrected chi connectivity index (χ3v) is 4.37. The highest BCUT2D eigenvalue weighted by Crippen LogP contribution is 2.29. The molecule has 5 heteroatoms. The number of carbonyl (C=O) groups excluding carboxylic acids is 1. The van der Waals surface area contributed by atoms with E-state index in [1.54, 1.807) is 17.0 Å². The zero-order valence-electron chi connectivity index (χ0n) is 12.7. The summed E-state index contributed by atoms with van der Waals surface area (Å²) in [6, 6.07) is 4.81. The van der Waals surface area contributed by atoms with Gasteiger partial charge in [0.05, 0.1) is 12.7 Å². The average molecular weight is 292 g/mol. The van der Waals surface area contributed by atoms with Gasteiger partial charge in [-0.25, -0.2) is 0 Å². The Balaban J connectivity index is 2.19. The minimum atomic E-state index is -0.153. The Bertz CT molecular complexity index is 504. The number of aromatic hydroxyl groups is 1. The van der Waals surface area contributed by atoms with Crippen molar-refractivity contribution in [3.05, 3.63) is 23.8 Å². The van der Waals surface area contributed by atoms with Crippen LogP contribution >= 0.6 is 0 Å². The second kappa shape index (κ2) is 6.80. The lowest BCUT2D eigenvalue weighted by molar-refractivity contribution is 0.0555. The van der Waals surface area contributed by atoms with E-state index in [0.717, 1.165) is 19.3 Å². The van der Waals surface area contributed by atoms with Gasteiger partial charge in [-0.05, 0) is 30.9 Å². The first-order chi connectivity index (χ1) is 10.1. The topological polar surface area (TPSA) is 75.8 Å². The smallest absolute Gasteiger partial charge is 0.257 e. The molecule has 2 atom stereocenters. The summed E-state index contributed by atoms with van der Waals surface area (Å²) in [5.74, 6) is 0.962. The molecule has 21 heavy (non-hydrogen) atoms. The van der Waals surface area contributed by atoms with Crippen LogP contribution in [0, 0.1) is 5.92 Å². The summed E-state index contributed by atoms with van der Waals surface area (Å²) >= 11 is 0. The molecular formula is C16H24N2O3. The van der Waals surface area contributed by atoms with E-state index >= 15 is 0 Å². The maximum absolute atomic E-state index is 12.7. The van der Waals surface area contributed by atoms with E-state index in [1.807, 2.05) is 0 Å². The van der Waals surface area contributed by atoms with Gasteiger partial charge in [0.25, 0.3) is 5.91 Å². The molecule has 0 aliphatic carbocycles. The lowest BCUT2D eigenvalue weighted by Gasteiger charge is -2.39. The summed E-state index contributed by atoms with van der Waals surface area (Å²) in [4.78, 5) is 14.5. The summed E-state index contributed by atoms with van der Waals surface area (Å²) in [5, 5.41) is 10.0. The Kier molecular flexibility index (Phi) is 5.07. The lowest BCUT2D eigenvalue weighted by Crippen LogP contribution is -2.49. The first kappa shape index (κ1) is 15.6. The van der Waals surface area contributed by atoms with Gasteiger partial charge in [-0.2, -0.15) is 0 Å². The zero-order valence-corrected chi connectivity index (χ0v) is 12.7. The molecule has 5 nitrogen and oxygen atoms in total. The molecule has 3 N–H and O–H groups in total. The van der Waals surface area contributed by atoms with Crippen molar-refractivity contribution >= 4 is 5.91 Å². The average Bonchev–Trinajstić information content (AvgIpc) is 2.53. The van der Waals surface area contributed by atoms with Crippen molar-refractivity contribution in [3.8, 4) is 11.5 Å². The van der Waals surface area contributed by atoms with Gasteiger partial charge in [0.2, 0.25) is 0 Å². The monoisotopic (exact) mass is 292 g/mol. The number of nitrogens with two attached hydrogens (primary N) is 1. The van der Waals surface area contributed by atoms with Gasteiger partial charge in [-0.1, -0.05) is 13.3 Å². The van der Waals surface area contributed by atoms with E-state index in [-0.39, 0.29) is 17.7 Å². The Labute approximate surface area is 125 Å². The van der Waals surface area contributed by atoms with Crippen molar-refractivity contribution in [2.45, 2.75) is 32.2 Å². The number of hydrogen-bond acceptors (Lipinski definition) is 4. The molecule has 0 aromatic heterocycles. The summed E-state index contributed by atoms with van der Waals surface area (Å²) in [5.41, 5.74) is 6.14. The highest BCUT2D eigenvalue weighted by Gasteiger charge is 2.31. The van der Waals surface area contributed by atoms with Crippen LogP contribution in [0.3, 0.4) is 0 Å². The summed E-state index contributed by atoms with van der Waals surface area (Å²) in [6.45, 7) is 3.33. The van der Waals surface area contributed by atoms with E-state index in [2.05, 4.69) is 6.92 Å². The maximum Gasteiger partial charge on any atom is 0.257 e. The van der Waals surface area contributed by atoms with Crippen molar-refractivity contribution < 1.29 is 14.6 Å². The molecule has 116 valence electrons. The first-order valence-electron chi connectivity index (χ1n) is 7.48. The molecule has 1 aliphatic heterocycles. The van der Waals surface area contributed by atoms with E-state index in [9.17, 15) is 9.90 Å². The van der Waals surface area contributed by atoms with E-state index in [4.69, 9.17) is 10.5 Å². The van der Waals surface area contributed by atoms with E-state index < -0.39 is 0 Å². The summed E-state index contributed by atoms with van der Waals surface area (Å²) < 4.78 is 5.04. The molecule has 1 amide bonds. The van der Waals surface area contributed by atoms with Gasteiger partial charge in [-0.15, -0.1) is 0 Å². The van der Waals surface area contributed by atoms with Crippen LogP contribution in [0.2, 0.25) is 0 Å². The van der Waals surface area contributed by atoms with Crippen molar-refractivity contribution in [2.24, 2.45) is 11.7 Å². The van der Waals surface area contributed by atoms with Crippen LogP contribution < -0.4 is 10.5 Å². The highest BCUT2D eigenvalue weighted by atomic mass is 16.5. The molecule has 1 fully saturated rings. The number of benzene rings is 1. The van der Waals surface area contributed by atoms with Crippen LogP contribution in [0.1, 0.15) is 36.5 Å². The number of ether oxygens (including phenoxy) is 1. The molecule has 1 aromatic carbocycles. The minimum Gasteiger partial charge on any atom is -0.507 e. The molecule has 0 saturated carbocycles. The van der Waals surface area contributed by atoms with Crippen LogP contribution in [0.5, 0.6) is 11.5 Å². The molecule has 2 unspecified atom stereocenters. The Morgan fingerprint density at radius 2 is 2.29 bits per heavy atom. The fourth-order valence-electron chi connectivity index (χ4n) is 2.97. The third-order valence-electron chi connectivity index (χ3n) is 4.37. The number of rotatable bonds is 4. The second-order valence-corrected chi connectivity index (χ2v) is 5.57. The normalized spacial score (nSPS) is 22.1. The van der Waals surface area contributed by atoms with Crippen LogP contribution in [0.25, 0.3) is 0 Å². The van der Waals surface area contributed by atoms with Crippen molar-refractivity contribution in [3.63, 3.8) is 0 Å². The molecule has 1 aromatic rings. The molecular weight excluding hydrogens is 268 g/mol. The van der Waals surface area contributed by atoms with Crippen LogP contribution in [-0.2, 0) is 0 Å². The van der Waals surface area contributed by atoms with Crippen molar-refractivity contribution in [1.82, 2.24) is 4.90 Å². The van der Waals surface area contributed by atoms with Gasteiger partial charge >= 0.3 is 0 Å². The number of phenols is 1. The first-order valence-corrected chi connectivity index (χ1v) is 7.48. The zero-order chi connectivity index (χ0) is 15.4. The number of nitrogens with zero attached hydrogens (tertiary/aromatic N) is 1. The van der Waals surface area contributed by atoms with Gasteiger partial charge in [0.1, 0.15) is 11.5 Å². The van der Waals surface area contributed by atoms with Gasteiger partial charge in [0, 0.05) is 25.2 Å². The minimum absolute atomic E-state index is 0.0484. The predicted molar refractivity (Wildman–Crippen MR) is 81.6 cm³/mol. The molecule has 0 radical (unpaired) electrons. The predicted octanol–water partition coefficient (Wildman–Crippen LogP) is 1.99. The van der Waals surface area contributed by atoms with Crippen molar-refractivity contribution in [2.75, 3.05) is 20.2 Å². The highest BCUT2D eigenvalue weighted by molar-refractivity contribution is 5.97. The van der Waals surface area contributed by atoms with Crippen LogP contribution in [-0.4, -0.2) is 42.2 Å². The summed E-state index contributed by atoms with van der Waals surface area (Å²) in [6.07, 6.45) is 3.05. The van der Waals surface area contributed by atoms with Crippen molar-refractivity contribution in [1.29, 1.82) is 0 Å². The largest absolute Gasteiger partial charge is 0.507 e. The number of phenolic OH excluding ortho intramolecular Hbond substituents is 1. The fourth-order valence-corrected chi connectivity index (χ4v) is 2.97. The Morgan fingerprint density at radius 1 is 1.52 bits per heavy atom. The quantitative estimate of drug-likeness (QED) is 0.890. The Morgan fingerprint density at radius 3 is 2.86 bits per heavy atom. The SMILES string of the molecule is CCC1CCN(C(=O)c2ccc(OC)cc2O)C(CN)C1. The maximum atomic E-state index is 12.7. The van der Waals surface area contributed by atoms with Gasteiger partial charge in [0.15, 0.2) is 0 Å². The van der Waals surface area contributed by atoms with E-state index in [1.165, 1.54) is 13.2 Å². The standard InChI is InChI=1S/C16H24N2O3/c1-3-11-6-7-18(12(8-11)10-17)16(20)14-5-4-13(21-2)9-15(14)19/h4-5,9,11-12,19H,3,6-8,10,17H2,1-2H3. The van der Waals surface area contributed by atoms with Crippen LogP contribution in [0.15, 0.2) is 18.2 Å². The molecule has 0 spiro atoms. The number of carbonyl (C=O) groups is 1. The molecule has 2 rings (SSSR count). The Hall–Kier alpha value is -1.75. The fraction of sp³-hybridized carbons (Fsp3) is 0.562. The second-order valence-electron chi connectivity index (χ2n) is 5.57. The number of amides is 1. The van der Waals surface area contributed by atoms with E-state index in [0.29, 0.717) is 30.3 Å². The molecule has 1 aliphatic rings. The van der Waals surface area contributed by atoms with Crippen LogP contribution in [0.4, 0.5) is 0 Å². The number of methoxy groups -OCH3 is 1. The number of hydrogen-bond donors (Lipinski definition) is 2. The molecule has 0 bridgehead atoms. The number of piperidine rings is 1. The lowest BCUT2D eigenvalue weighted by atomic mass is 9.88. The number of likely N-dealkylation sites (tertiary alicyclic amines) is 1. The van der Waals surface area contributed by atoms with Gasteiger partial charge in [-0.3, -0.25) is 4.79 Å². The summed E-state index contributed by atoms with van der Waals surface area (Å²) in [7, 11) is 1.52. The molecule has 1 heterocycles.